The molecule has 5 nitrogen and oxygen atoms in total. The summed E-state index contributed by atoms with van der Waals surface area (Å²) in [5.74, 6) is 4.85. The number of nitrogens with two attached hydrogens (primary N) is 1. The van der Waals surface area contributed by atoms with Gasteiger partial charge in [0.05, 0.1) is 11.5 Å². The summed E-state index contributed by atoms with van der Waals surface area (Å²) in [4.78, 5) is 15.2. The molecule has 0 radical (unpaired) electrons. The molecule has 18 heavy (non-hydrogen) atoms. The van der Waals surface area contributed by atoms with Gasteiger partial charge in [-0.1, -0.05) is 0 Å². The zero-order chi connectivity index (χ0) is 13.9. The summed E-state index contributed by atoms with van der Waals surface area (Å²) < 4.78 is 0. The number of nitrogens with zero attached hydrogens (tertiary/aromatic N) is 1. The zero-order valence-corrected chi connectivity index (χ0v) is 12.1. The molecule has 0 fully saturated rings. The number of nitrogens with one attached hydrogen (secondary N) is 1. The van der Waals surface area contributed by atoms with E-state index < -0.39 is 0 Å². The Bertz CT molecular complexity index is 429. The Morgan fingerprint density at radius 2 is 2.22 bits per heavy atom. The second-order valence-corrected chi connectivity index (χ2v) is 6.25. The van der Waals surface area contributed by atoms with Crippen LogP contribution in [0.4, 0.5) is 0 Å². The number of aryl methyl sites for hydroxylation is 1. The summed E-state index contributed by atoms with van der Waals surface area (Å²) in [6, 6.07) is 1.85. The number of hydrogen-bond donors (Lipinski definition) is 3. The Labute approximate surface area is 112 Å². The van der Waals surface area contributed by atoms with Gasteiger partial charge in [-0.3, -0.25) is 15.1 Å². The number of thiophene rings is 1. The number of carbonyl (C=O) groups is 1. The van der Waals surface area contributed by atoms with Crippen molar-refractivity contribution in [2.24, 2.45) is 5.84 Å². The van der Waals surface area contributed by atoms with Crippen LogP contribution < -0.4 is 11.3 Å². The number of hydrazine groups is 1. The number of rotatable bonds is 5. The number of hydrogen-bond acceptors (Lipinski definition) is 5. The van der Waals surface area contributed by atoms with Gasteiger partial charge in [-0.05, 0) is 39.4 Å². The average molecular weight is 271 g/mol. The molecule has 1 aromatic rings. The van der Waals surface area contributed by atoms with Crippen LogP contribution in [0, 0.1) is 6.92 Å². The Morgan fingerprint density at radius 3 is 2.72 bits per heavy atom. The minimum atomic E-state index is -0.287. The van der Waals surface area contributed by atoms with Crippen molar-refractivity contribution in [1.82, 2.24) is 10.3 Å². The maximum Gasteiger partial charge on any atom is 0.275 e. The second kappa shape index (κ2) is 5.79. The molecule has 0 saturated carbocycles. The second-order valence-electron chi connectivity index (χ2n) is 4.99. The number of aliphatic hydroxyl groups excluding tert-OH is 1. The van der Waals surface area contributed by atoms with E-state index in [4.69, 9.17) is 5.84 Å². The lowest BCUT2D eigenvalue weighted by Crippen LogP contribution is -2.43. The Balaban J connectivity index is 2.86. The predicted molar refractivity (Wildman–Crippen MR) is 73.3 cm³/mol. The van der Waals surface area contributed by atoms with Crippen molar-refractivity contribution >= 4 is 17.2 Å². The molecule has 0 aliphatic carbocycles. The quantitative estimate of drug-likeness (QED) is 0.422. The van der Waals surface area contributed by atoms with Crippen LogP contribution in [0.5, 0.6) is 0 Å². The Morgan fingerprint density at radius 1 is 1.61 bits per heavy atom. The van der Waals surface area contributed by atoms with Gasteiger partial charge < -0.3 is 5.11 Å². The molecule has 0 aliphatic rings. The Kier molecular flexibility index (Phi) is 4.86. The molecular weight excluding hydrogens is 250 g/mol. The zero-order valence-electron chi connectivity index (χ0n) is 11.3. The van der Waals surface area contributed by atoms with Crippen LogP contribution in [0.25, 0.3) is 0 Å². The van der Waals surface area contributed by atoms with Gasteiger partial charge in [0.25, 0.3) is 5.91 Å². The highest BCUT2D eigenvalue weighted by atomic mass is 32.1. The fourth-order valence-corrected chi connectivity index (χ4v) is 2.39. The molecule has 4 N–H and O–H groups in total. The van der Waals surface area contributed by atoms with E-state index in [1.54, 1.807) is 0 Å². The molecule has 0 atom stereocenters. The molecule has 1 amide bonds. The normalized spacial score (nSPS) is 11.9. The number of carbonyl (C=O) groups excluding carboxylic acids is 1. The maximum atomic E-state index is 11.4. The molecule has 0 bridgehead atoms. The minimum absolute atomic E-state index is 0.0861. The summed E-state index contributed by atoms with van der Waals surface area (Å²) in [7, 11) is 1.95. The maximum absolute atomic E-state index is 11.4. The monoisotopic (exact) mass is 271 g/mol. The van der Waals surface area contributed by atoms with Crippen molar-refractivity contribution in [3.63, 3.8) is 0 Å². The first kappa shape index (κ1) is 15.1. The first-order valence-corrected chi connectivity index (χ1v) is 6.56. The third-order valence-electron chi connectivity index (χ3n) is 3.20. The molecule has 1 rings (SSSR count). The lowest BCUT2D eigenvalue weighted by Gasteiger charge is -2.33. The SMILES string of the molecule is Cc1sc(C(=O)NN)cc1CN(C)C(C)(C)CO. The van der Waals surface area contributed by atoms with Crippen molar-refractivity contribution in [2.75, 3.05) is 13.7 Å². The van der Waals surface area contributed by atoms with E-state index in [0.29, 0.717) is 11.4 Å². The van der Waals surface area contributed by atoms with E-state index in [1.807, 2.05) is 33.9 Å². The minimum Gasteiger partial charge on any atom is -0.394 e. The Hall–Kier alpha value is -0.950. The predicted octanol–water partition coefficient (Wildman–Crippen LogP) is 0.863. The first-order valence-electron chi connectivity index (χ1n) is 5.74. The van der Waals surface area contributed by atoms with Gasteiger partial charge in [0.2, 0.25) is 0 Å². The number of nitrogen functional groups attached to an aromatic ring is 1. The molecule has 0 aliphatic heterocycles. The largest absolute Gasteiger partial charge is 0.394 e. The highest BCUT2D eigenvalue weighted by Gasteiger charge is 2.23. The van der Waals surface area contributed by atoms with Gasteiger partial charge in [0.15, 0.2) is 0 Å². The van der Waals surface area contributed by atoms with Crippen LogP contribution in [-0.4, -0.2) is 35.1 Å². The van der Waals surface area contributed by atoms with Crippen LogP contribution >= 0.6 is 11.3 Å². The molecule has 0 spiro atoms. The van der Waals surface area contributed by atoms with Gasteiger partial charge in [-0.15, -0.1) is 11.3 Å². The standard InChI is InChI=1S/C12H21N3O2S/c1-8-9(5-10(18-8)11(17)14-13)6-15(4)12(2,3)7-16/h5,16H,6-7,13H2,1-4H3,(H,14,17). The lowest BCUT2D eigenvalue weighted by molar-refractivity contribution is 0.0733. The van der Waals surface area contributed by atoms with Gasteiger partial charge in [-0.2, -0.15) is 0 Å². The van der Waals surface area contributed by atoms with Crippen molar-refractivity contribution in [2.45, 2.75) is 32.9 Å². The van der Waals surface area contributed by atoms with E-state index in [9.17, 15) is 9.90 Å². The van der Waals surface area contributed by atoms with E-state index >= 15 is 0 Å². The van der Waals surface area contributed by atoms with Crippen LogP contribution in [0.15, 0.2) is 6.07 Å². The molecule has 6 heteroatoms. The molecule has 0 aromatic carbocycles. The summed E-state index contributed by atoms with van der Waals surface area (Å²) in [6.45, 7) is 6.70. The van der Waals surface area contributed by atoms with Crippen LogP contribution in [0.1, 0.15) is 34.0 Å². The number of amides is 1. The van der Waals surface area contributed by atoms with E-state index in [1.165, 1.54) is 11.3 Å². The average Bonchev–Trinajstić information content (AvgIpc) is 2.69. The van der Waals surface area contributed by atoms with Crippen molar-refractivity contribution in [3.05, 3.63) is 21.4 Å². The van der Waals surface area contributed by atoms with Gasteiger partial charge >= 0.3 is 0 Å². The van der Waals surface area contributed by atoms with Crippen LogP contribution in [0.3, 0.4) is 0 Å². The molecule has 1 heterocycles. The van der Waals surface area contributed by atoms with E-state index in [-0.39, 0.29) is 18.1 Å². The fraction of sp³-hybridized carbons (Fsp3) is 0.583. The summed E-state index contributed by atoms with van der Waals surface area (Å²) in [5, 5.41) is 9.32. The molecule has 102 valence electrons. The van der Waals surface area contributed by atoms with Crippen LogP contribution in [0.2, 0.25) is 0 Å². The lowest BCUT2D eigenvalue weighted by atomic mass is 10.0. The summed E-state index contributed by atoms with van der Waals surface area (Å²) in [6.07, 6.45) is 0. The van der Waals surface area contributed by atoms with E-state index in [2.05, 4.69) is 10.3 Å². The van der Waals surface area contributed by atoms with Crippen molar-refractivity contribution < 1.29 is 9.90 Å². The fourth-order valence-electron chi connectivity index (χ4n) is 1.45. The summed E-state index contributed by atoms with van der Waals surface area (Å²) in [5.41, 5.74) is 2.93. The summed E-state index contributed by atoms with van der Waals surface area (Å²) >= 11 is 1.43. The van der Waals surface area contributed by atoms with Gasteiger partial charge in [0, 0.05) is 17.0 Å². The van der Waals surface area contributed by atoms with Gasteiger partial charge in [-0.25, -0.2) is 5.84 Å². The highest BCUT2D eigenvalue weighted by Crippen LogP contribution is 2.24. The molecule has 0 unspecified atom stereocenters. The van der Waals surface area contributed by atoms with Crippen LogP contribution in [-0.2, 0) is 6.54 Å². The molecule has 1 aromatic heterocycles. The third-order valence-corrected chi connectivity index (χ3v) is 4.29. The number of likely N-dealkylation sites (N-methyl/N-ethyl adjacent to an activating group) is 1. The molecule has 0 saturated heterocycles. The smallest absolute Gasteiger partial charge is 0.275 e. The highest BCUT2D eigenvalue weighted by molar-refractivity contribution is 7.14. The van der Waals surface area contributed by atoms with Crippen molar-refractivity contribution in [1.29, 1.82) is 0 Å². The van der Waals surface area contributed by atoms with Gasteiger partial charge in [0.1, 0.15) is 0 Å². The van der Waals surface area contributed by atoms with E-state index in [0.717, 1.165) is 10.4 Å². The number of aliphatic hydroxyl groups is 1. The molecular formula is C12H21N3O2S. The van der Waals surface area contributed by atoms with Crippen molar-refractivity contribution in [3.8, 4) is 0 Å². The third kappa shape index (κ3) is 3.29. The first-order chi connectivity index (χ1) is 8.31. The topological polar surface area (TPSA) is 78.6 Å².